The van der Waals surface area contributed by atoms with Crippen molar-refractivity contribution >= 4 is 17.4 Å². The van der Waals surface area contributed by atoms with E-state index in [9.17, 15) is 10.0 Å². The molecule has 1 unspecified atom stereocenters. The Hall–Kier alpha value is -2.30. The molecule has 0 amide bonds. The first-order valence-corrected chi connectivity index (χ1v) is 11.8. The Labute approximate surface area is 184 Å². The standard InChI is InChI=1S/C26H34N2O3/c1-25-13-11-19(31-24(29)16-3-6-18(27)7-4-16)15-17(25)5-8-20-21-9-10-23(28-30)26(21,2)14-12-22(20)25/h3-7,19-22,30H,8-15,27H2,1-2H3/t19?,20-,21-,22+,25-,26-/m0/s1. The summed E-state index contributed by atoms with van der Waals surface area (Å²) < 4.78 is 5.90. The van der Waals surface area contributed by atoms with Crippen LogP contribution in [0.5, 0.6) is 0 Å². The molecule has 3 N–H and O–H groups in total. The third-order valence-electron chi connectivity index (χ3n) is 9.34. The molecule has 3 fully saturated rings. The number of benzene rings is 1. The Bertz CT molecular complexity index is 936. The van der Waals surface area contributed by atoms with E-state index in [0.29, 0.717) is 29.0 Å². The molecule has 0 aromatic heterocycles. The Kier molecular flexibility index (Phi) is 4.91. The van der Waals surface area contributed by atoms with Crippen LogP contribution >= 0.6 is 0 Å². The molecule has 0 radical (unpaired) electrons. The van der Waals surface area contributed by atoms with Gasteiger partial charge in [0.25, 0.3) is 0 Å². The quantitative estimate of drug-likeness (QED) is 0.214. The average molecular weight is 423 g/mol. The van der Waals surface area contributed by atoms with Crippen LogP contribution in [0.3, 0.4) is 0 Å². The molecule has 5 nitrogen and oxygen atoms in total. The highest BCUT2D eigenvalue weighted by molar-refractivity contribution is 5.92. The van der Waals surface area contributed by atoms with Crippen molar-refractivity contribution in [3.63, 3.8) is 0 Å². The number of allylic oxidation sites excluding steroid dienone is 1. The third-order valence-corrected chi connectivity index (χ3v) is 9.34. The molecule has 166 valence electrons. The Morgan fingerprint density at radius 2 is 1.81 bits per heavy atom. The van der Waals surface area contributed by atoms with Crippen molar-refractivity contribution in [1.29, 1.82) is 0 Å². The fraction of sp³-hybridized carbons (Fsp3) is 0.615. The summed E-state index contributed by atoms with van der Waals surface area (Å²) in [5, 5.41) is 13.2. The number of rotatable bonds is 2. The first kappa shape index (κ1) is 20.6. The predicted octanol–water partition coefficient (Wildman–Crippen LogP) is 5.59. The van der Waals surface area contributed by atoms with Crippen LogP contribution in [-0.2, 0) is 4.74 Å². The number of carbonyl (C=O) groups excluding carboxylic acids is 1. The summed E-state index contributed by atoms with van der Waals surface area (Å²) in [4.78, 5) is 12.6. The summed E-state index contributed by atoms with van der Waals surface area (Å²) in [6, 6.07) is 6.95. The van der Waals surface area contributed by atoms with Gasteiger partial charge in [-0.3, -0.25) is 0 Å². The van der Waals surface area contributed by atoms with Crippen LogP contribution < -0.4 is 5.73 Å². The molecule has 5 heteroatoms. The van der Waals surface area contributed by atoms with Gasteiger partial charge in [0.15, 0.2) is 0 Å². The lowest BCUT2D eigenvalue weighted by atomic mass is 9.48. The van der Waals surface area contributed by atoms with Crippen molar-refractivity contribution in [1.82, 2.24) is 0 Å². The van der Waals surface area contributed by atoms with E-state index in [1.165, 1.54) is 12.0 Å². The summed E-state index contributed by atoms with van der Waals surface area (Å²) in [5.74, 6) is 1.71. The van der Waals surface area contributed by atoms with Gasteiger partial charge in [0.05, 0.1) is 11.3 Å². The lowest BCUT2D eigenvalue weighted by molar-refractivity contribution is -0.0287. The molecule has 5 rings (SSSR count). The van der Waals surface area contributed by atoms with Crippen LogP contribution in [0.1, 0.15) is 75.6 Å². The van der Waals surface area contributed by atoms with E-state index in [1.54, 1.807) is 24.3 Å². The maximum Gasteiger partial charge on any atom is 0.338 e. The van der Waals surface area contributed by atoms with Crippen LogP contribution in [0.2, 0.25) is 0 Å². The zero-order chi connectivity index (χ0) is 21.8. The molecule has 4 aliphatic rings. The first-order valence-electron chi connectivity index (χ1n) is 11.8. The van der Waals surface area contributed by atoms with Gasteiger partial charge in [0, 0.05) is 17.5 Å². The van der Waals surface area contributed by atoms with Crippen molar-refractivity contribution < 1.29 is 14.7 Å². The van der Waals surface area contributed by atoms with Gasteiger partial charge < -0.3 is 15.7 Å². The Morgan fingerprint density at radius 3 is 2.55 bits per heavy atom. The molecule has 1 aromatic rings. The van der Waals surface area contributed by atoms with E-state index in [2.05, 4.69) is 25.1 Å². The van der Waals surface area contributed by atoms with E-state index in [1.807, 2.05) is 0 Å². The zero-order valence-corrected chi connectivity index (χ0v) is 18.6. The number of esters is 1. The number of hydrogen-bond donors (Lipinski definition) is 2. The number of hydrogen-bond acceptors (Lipinski definition) is 5. The second-order valence-corrected chi connectivity index (χ2v) is 10.7. The summed E-state index contributed by atoms with van der Waals surface area (Å²) >= 11 is 0. The number of fused-ring (bicyclic) bond motifs is 5. The van der Waals surface area contributed by atoms with Gasteiger partial charge in [-0.15, -0.1) is 0 Å². The number of ether oxygens (including phenoxy) is 1. The topological polar surface area (TPSA) is 84.9 Å². The van der Waals surface area contributed by atoms with E-state index in [0.717, 1.165) is 50.7 Å². The fourth-order valence-electron chi connectivity index (χ4n) is 7.52. The van der Waals surface area contributed by atoms with Crippen molar-refractivity contribution in [2.75, 3.05) is 5.73 Å². The number of carbonyl (C=O) groups is 1. The monoisotopic (exact) mass is 422 g/mol. The van der Waals surface area contributed by atoms with E-state index in [4.69, 9.17) is 10.5 Å². The summed E-state index contributed by atoms with van der Waals surface area (Å²) in [6.07, 6.45) is 10.8. The molecule has 0 spiro atoms. The summed E-state index contributed by atoms with van der Waals surface area (Å²) in [6.45, 7) is 4.78. The molecule has 0 bridgehead atoms. The van der Waals surface area contributed by atoms with Crippen molar-refractivity contribution in [3.8, 4) is 0 Å². The van der Waals surface area contributed by atoms with Crippen LogP contribution in [0.25, 0.3) is 0 Å². The first-order chi connectivity index (χ1) is 14.8. The minimum absolute atomic E-state index is 0.0469. The zero-order valence-electron chi connectivity index (χ0n) is 18.6. The van der Waals surface area contributed by atoms with Crippen LogP contribution in [-0.4, -0.2) is 23.0 Å². The van der Waals surface area contributed by atoms with E-state index in [-0.39, 0.29) is 22.9 Å². The molecule has 0 saturated heterocycles. The van der Waals surface area contributed by atoms with Gasteiger partial charge in [-0.05, 0) is 92.4 Å². The molecule has 1 aromatic carbocycles. The SMILES string of the molecule is C[C@]12CCC(OC(=O)c3ccc(N)cc3)CC1=CC[C@@H]1[C@H]2CC[C@]2(C)C(=NO)CC[C@@H]12. The smallest absolute Gasteiger partial charge is 0.338 e. The Morgan fingerprint density at radius 1 is 1.10 bits per heavy atom. The van der Waals surface area contributed by atoms with Gasteiger partial charge in [-0.2, -0.15) is 0 Å². The minimum atomic E-state index is -0.252. The van der Waals surface area contributed by atoms with E-state index < -0.39 is 0 Å². The molecule has 6 atom stereocenters. The number of nitrogens with two attached hydrogens (primary N) is 1. The molecule has 0 heterocycles. The molecular weight excluding hydrogens is 388 g/mol. The molecular formula is C26H34N2O3. The number of oxime groups is 1. The average Bonchev–Trinajstić information content (AvgIpc) is 3.10. The van der Waals surface area contributed by atoms with Crippen molar-refractivity contribution in [3.05, 3.63) is 41.5 Å². The largest absolute Gasteiger partial charge is 0.458 e. The van der Waals surface area contributed by atoms with Crippen LogP contribution in [0.4, 0.5) is 5.69 Å². The van der Waals surface area contributed by atoms with Crippen LogP contribution in [0.15, 0.2) is 41.1 Å². The van der Waals surface area contributed by atoms with Crippen molar-refractivity contribution in [2.45, 2.75) is 71.3 Å². The van der Waals surface area contributed by atoms with Gasteiger partial charge in [0.1, 0.15) is 6.10 Å². The van der Waals surface area contributed by atoms with Crippen molar-refractivity contribution in [2.24, 2.45) is 33.7 Å². The highest BCUT2D eigenvalue weighted by Crippen LogP contribution is 2.64. The van der Waals surface area contributed by atoms with Gasteiger partial charge in [-0.25, -0.2) is 4.79 Å². The van der Waals surface area contributed by atoms with Crippen LogP contribution in [0, 0.1) is 28.6 Å². The number of nitrogen functional groups attached to an aromatic ring is 1. The predicted molar refractivity (Wildman–Crippen MR) is 121 cm³/mol. The maximum atomic E-state index is 12.6. The number of nitrogens with zero attached hydrogens (tertiary/aromatic N) is 1. The third kappa shape index (κ3) is 3.19. The number of anilines is 1. The lowest BCUT2D eigenvalue weighted by Crippen LogP contribution is -2.50. The second kappa shape index (κ2) is 7.39. The highest BCUT2D eigenvalue weighted by atomic mass is 16.5. The second-order valence-electron chi connectivity index (χ2n) is 10.7. The van der Waals surface area contributed by atoms with Gasteiger partial charge in [0.2, 0.25) is 0 Å². The van der Waals surface area contributed by atoms with Gasteiger partial charge in [-0.1, -0.05) is 30.7 Å². The fourth-order valence-corrected chi connectivity index (χ4v) is 7.52. The maximum absolute atomic E-state index is 12.6. The normalized spacial score (nSPS) is 40.5. The van der Waals surface area contributed by atoms with Gasteiger partial charge >= 0.3 is 5.97 Å². The Balaban J connectivity index is 1.32. The summed E-state index contributed by atoms with van der Waals surface area (Å²) in [7, 11) is 0. The molecule has 31 heavy (non-hydrogen) atoms. The molecule has 3 saturated carbocycles. The summed E-state index contributed by atoms with van der Waals surface area (Å²) in [5.41, 5.74) is 9.73. The minimum Gasteiger partial charge on any atom is -0.458 e. The lowest BCUT2D eigenvalue weighted by Gasteiger charge is -2.57. The molecule has 0 aliphatic heterocycles. The highest BCUT2D eigenvalue weighted by Gasteiger charge is 2.58. The molecule has 4 aliphatic carbocycles. The van der Waals surface area contributed by atoms with E-state index >= 15 is 0 Å².